The average Bonchev–Trinajstić information content (AvgIpc) is 3.69. The second kappa shape index (κ2) is 10.1. The van der Waals surface area contributed by atoms with E-state index >= 15 is 0 Å². The zero-order valence-corrected chi connectivity index (χ0v) is 22.2. The molecule has 0 radical (unpaired) electrons. The zero-order valence-electron chi connectivity index (χ0n) is 21.4. The number of hydrogen-bond donors (Lipinski definition) is 0. The molecule has 8 nitrogen and oxygen atoms in total. The van der Waals surface area contributed by atoms with Crippen LogP contribution in [0.3, 0.4) is 0 Å². The Kier molecular flexibility index (Phi) is 6.78. The van der Waals surface area contributed by atoms with Crippen LogP contribution in [-0.2, 0) is 29.7 Å². The Labute approximate surface area is 225 Å². The predicted molar refractivity (Wildman–Crippen MR) is 135 cm³/mol. The Morgan fingerprint density at radius 2 is 2.05 bits per heavy atom. The molecule has 2 aromatic rings. The van der Waals surface area contributed by atoms with Crippen LogP contribution in [0, 0.1) is 17.8 Å². The minimum atomic E-state index is -2.74. The van der Waals surface area contributed by atoms with Crippen LogP contribution in [0.15, 0.2) is 12.1 Å². The monoisotopic (exact) mass is 547 g/mol. The molecule has 3 unspecified atom stereocenters. The van der Waals surface area contributed by atoms with Crippen LogP contribution in [-0.4, -0.2) is 56.2 Å². The van der Waals surface area contributed by atoms with Gasteiger partial charge in [0.15, 0.2) is 0 Å². The summed E-state index contributed by atoms with van der Waals surface area (Å²) in [6, 6.07) is 3.05. The minimum Gasteiger partial charge on any atom is -0.487 e. The van der Waals surface area contributed by atoms with Crippen molar-refractivity contribution in [3.8, 4) is 5.75 Å². The Balaban J connectivity index is 1.35. The lowest BCUT2D eigenvalue weighted by Crippen LogP contribution is -2.48. The number of aromatic nitrogens is 3. The van der Waals surface area contributed by atoms with Gasteiger partial charge in [0.25, 0.3) is 6.43 Å². The topological polar surface area (TPSA) is 80.6 Å². The molecule has 204 valence electrons. The van der Waals surface area contributed by atoms with E-state index in [0.717, 1.165) is 41.5 Å². The van der Waals surface area contributed by atoms with Crippen molar-refractivity contribution in [2.45, 2.75) is 64.0 Å². The zero-order chi connectivity index (χ0) is 26.6. The number of rotatable bonds is 7. The molecule has 6 rings (SSSR count). The molecule has 1 aromatic heterocycles. The van der Waals surface area contributed by atoms with Crippen molar-refractivity contribution in [3.05, 3.63) is 39.7 Å². The van der Waals surface area contributed by atoms with Gasteiger partial charge in [0, 0.05) is 49.6 Å². The van der Waals surface area contributed by atoms with Crippen LogP contribution in [0.5, 0.6) is 5.75 Å². The Bertz CT molecular complexity index is 1250. The largest absolute Gasteiger partial charge is 0.487 e. The van der Waals surface area contributed by atoms with Crippen molar-refractivity contribution in [1.29, 1.82) is 0 Å². The van der Waals surface area contributed by atoms with E-state index in [1.807, 2.05) is 9.80 Å². The van der Waals surface area contributed by atoms with E-state index in [4.69, 9.17) is 16.3 Å². The molecule has 0 spiro atoms. The third-order valence-corrected chi connectivity index (χ3v) is 9.34. The highest BCUT2D eigenvalue weighted by Gasteiger charge is 2.47. The Morgan fingerprint density at radius 3 is 2.74 bits per heavy atom. The number of aryl methyl sites for hydroxylation is 1. The van der Waals surface area contributed by atoms with Gasteiger partial charge in [-0.2, -0.15) is 0 Å². The summed E-state index contributed by atoms with van der Waals surface area (Å²) in [5, 5.41) is 8.18. The van der Waals surface area contributed by atoms with Gasteiger partial charge in [-0.3, -0.25) is 9.59 Å². The van der Waals surface area contributed by atoms with Gasteiger partial charge < -0.3 is 14.5 Å². The number of carbonyl (C=O) groups is 2. The maximum atomic E-state index is 14.0. The van der Waals surface area contributed by atoms with E-state index < -0.39 is 12.5 Å². The molecular formula is C27H32ClF2N5O3. The van der Waals surface area contributed by atoms with E-state index in [2.05, 4.69) is 10.3 Å². The van der Waals surface area contributed by atoms with Crippen molar-refractivity contribution >= 4 is 23.4 Å². The first-order valence-electron chi connectivity index (χ1n) is 13.5. The summed E-state index contributed by atoms with van der Waals surface area (Å²) in [6.07, 6.45) is 3.49. The van der Waals surface area contributed by atoms with E-state index in [9.17, 15) is 18.4 Å². The fraction of sp³-hybridized carbons (Fsp3) is 0.630. The maximum Gasteiger partial charge on any atom is 0.282 e. The van der Waals surface area contributed by atoms with Gasteiger partial charge in [0.05, 0.1) is 6.04 Å². The third kappa shape index (κ3) is 4.44. The normalized spacial score (nSPS) is 26.5. The molecule has 3 heterocycles. The summed E-state index contributed by atoms with van der Waals surface area (Å²) in [5.41, 5.74) is 1.41. The van der Waals surface area contributed by atoms with Gasteiger partial charge in [-0.1, -0.05) is 23.2 Å². The SMILES string of the molecule is Cn1nnc(COc2ccc(Cl)c3c2[C@@H](CN2CCCC2=O)N(C(=O)C2CC4CCC2C4)CC3)c1C(F)F. The molecular weight excluding hydrogens is 516 g/mol. The number of nitrogens with zero attached hydrogens (tertiary/aromatic N) is 5. The molecule has 4 aliphatic rings. The first-order chi connectivity index (χ1) is 18.3. The highest BCUT2D eigenvalue weighted by atomic mass is 35.5. The number of carbonyl (C=O) groups excluding carboxylic acids is 2. The number of fused-ring (bicyclic) bond motifs is 3. The van der Waals surface area contributed by atoms with Crippen LogP contribution in [0.4, 0.5) is 8.78 Å². The highest BCUT2D eigenvalue weighted by molar-refractivity contribution is 6.31. The highest BCUT2D eigenvalue weighted by Crippen LogP contribution is 2.50. The van der Waals surface area contributed by atoms with Crippen molar-refractivity contribution in [3.63, 3.8) is 0 Å². The number of benzene rings is 1. The van der Waals surface area contributed by atoms with Crippen molar-refractivity contribution in [1.82, 2.24) is 24.8 Å². The summed E-state index contributed by atoms with van der Waals surface area (Å²) >= 11 is 6.65. The second-order valence-corrected chi connectivity index (χ2v) is 11.5. The molecule has 2 aliphatic heterocycles. The first kappa shape index (κ1) is 25.5. The molecule has 4 atom stereocenters. The smallest absolute Gasteiger partial charge is 0.282 e. The lowest BCUT2D eigenvalue weighted by atomic mass is 9.85. The minimum absolute atomic E-state index is 0.0174. The second-order valence-electron chi connectivity index (χ2n) is 11.1. The summed E-state index contributed by atoms with van der Waals surface area (Å²) in [4.78, 5) is 30.4. The molecule has 11 heteroatoms. The maximum absolute atomic E-state index is 14.0. The van der Waals surface area contributed by atoms with Crippen LogP contribution < -0.4 is 4.74 Å². The number of likely N-dealkylation sites (tertiary alicyclic amines) is 1. The Hall–Kier alpha value is -2.75. The van der Waals surface area contributed by atoms with Crippen molar-refractivity contribution < 1.29 is 23.1 Å². The number of ether oxygens (including phenoxy) is 1. The van der Waals surface area contributed by atoms with Crippen LogP contribution in [0.2, 0.25) is 5.02 Å². The molecule has 2 saturated carbocycles. The van der Waals surface area contributed by atoms with E-state index in [0.29, 0.717) is 55.1 Å². The molecule has 0 N–H and O–H groups in total. The van der Waals surface area contributed by atoms with Gasteiger partial charge in [-0.15, -0.1) is 5.10 Å². The van der Waals surface area contributed by atoms with Gasteiger partial charge in [-0.25, -0.2) is 13.5 Å². The summed E-state index contributed by atoms with van der Waals surface area (Å²) < 4.78 is 34.4. The van der Waals surface area contributed by atoms with Gasteiger partial charge in [0.1, 0.15) is 23.7 Å². The van der Waals surface area contributed by atoms with Crippen molar-refractivity contribution in [2.75, 3.05) is 19.6 Å². The molecule has 38 heavy (non-hydrogen) atoms. The van der Waals surface area contributed by atoms with Crippen molar-refractivity contribution in [2.24, 2.45) is 24.8 Å². The van der Waals surface area contributed by atoms with Gasteiger partial charge >= 0.3 is 0 Å². The Morgan fingerprint density at radius 1 is 1.21 bits per heavy atom. The third-order valence-electron chi connectivity index (χ3n) is 8.99. The lowest BCUT2D eigenvalue weighted by molar-refractivity contribution is -0.142. The first-order valence-corrected chi connectivity index (χ1v) is 13.9. The molecule has 2 aliphatic carbocycles. The van der Waals surface area contributed by atoms with Crippen LogP contribution >= 0.6 is 11.6 Å². The fourth-order valence-corrected chi connectivity index (χ4v) is 7.41. The van der Waals surface area contributed by atoms with E-state index in [1.165, 1.54) is 13.5 Å². The average molecular weight is 548 g/mol. The summed E-state index contributed by atoms with van der Waals surface area (Å²) in [7, 11) is 1.42. The predicted octanol–water partition coefficient (Wildman–Crippen LogP) is 4.47. The summed E-state index contributed by atoms with van der Waals surface area (Å²) in [6.45, 7) is 1.34. The van der Waals surface area contributed by atoms with Gasteiger partial charge in [-0.05, 0) is 61.6 Å². The number of amides is 2. The van der Waals surface area contributed by atoms with E-state index in [-0.39, 0.29) is 35.7 Å². The standard InChI is InChI=1S/C27H32ClF2N5O3/c1-33-25(26(29)30)20(31-32-33)14-38-22-7-6-19(28)17-8-10-35(27(37)18-12-15-4-5-16(18)11-15)21(24(17)22)13-34-9-2-3-23(34)36/h6-7,15-16,18,21,26H,2-5,8-14H2,1H3/t15?,16?,18?,21-/m1/s1. The lowest BCUT2D eigenvalue weighted by Gasteiger charge is -2.42. The molecule has 2 bridgehead atoms. The summed E-state index contributed by atoms with van der Waals surface area (Å²) in [5.74, 6) is 1.78. The fourth-order valence-electron chi connectivity index (χ4n) is 7.15. The molecule has 1 aromatic carbocycles. The number of hydrogen-bond acceptors (Lipinski definition) is 5. The van der Waals surface area contributed by atoms with Crippen LogP contribution in [0.1, 0.15) is 73.5 Å². The number of halogens is 3. The van der Waals surface area contributed by atoms with E-state index in [1.54, 1.807) is 12.1 Å². The van der Waals surface area contributed by atoms with Gasteiger partial charge in [0.2, 0.25) is 11.8 Å². The molecule has 3 fully saturated rings. The van der Waals surface area contributed by atoms with Crippen LogP contribution in [0.25, 0.3) is 0 Å². The molecule has 2 amide bonds. The number of alkyl halides is 2. The molecule has 1 saturated heterocycles. The quantitative estimate of drug-likeness (QED) is 0.511.